The zero-order valence-corrected chi connectivity index (χ0v) is 16.0. The maximum atomic E-state index is 15.0. The third kappa shape index (κ3) is 2.64. The Balaban J connectivity index is 2.12. The number of rotatable bonds is 5. The summed E-state index contributed by atoms with van der Waals surface area (Å²) in [5.74, 6) is 0. The second kappa shape index (κ2) is 6.73. The summed E-state index contributed by atoms with van der Waals surface area (Å²) in [5, 5.41) is 1.29. The predicted molar refractivity (Wildman–Crippen MR) is 108 cm³/mol. The van der Waals surface area contributed by atoms with Crippen LogP contribution in [-0.2, 0) is 5.41 Å². The standard InChI is InChI=1S/C23H23F3N2/c1-3-4-12-22(23(24,25)26,17-13-27-19-10-6-5-9-16(17)19)18-14-28-20-11-7-8-15(2)21(18)20/h5-11,13-14,27-28H,3-4,12H2,1-2H3. The summed E-state index contributed by atoms with van der Waals surface area (Å²) in [4.78, 5) is 6.14. The molecule has 5 heteroatoms. The summed E-state index contributed by atoms with van der Waals surface area (Å²) in [5.41, 5.74) is 0.838. The Kier molecular flexibility index (Phi) is 4.48. The van der Waals surface area contributed by atoms with Crippen LogP contribution in [0.25, 0.3) is 21.8 Å². The zero-order chi connectivity index (χ0) is 19.9. The van der Waals surface area contributed by atoms with E-state index in [4.69, 9.17) is 0 Å². The van der Waals surface area contributed by atoms with Crippen molar-refractivity contribution < 1.29 is 13.2 Å². The van der Waals surface area contributed by atoms with Crippen molar-refractivity contribution in [1.82, 2.24) is 9.97 Å². The number of benzene rings is 2. The lowest BCUT2D eigenvalue weighted by atomic mass is 9.70. The van der Waals surface area contributed by atoms with Crippen molar-refractivity contribution in [3.8, 4) is 0 Å². The number of aromatic nitrogens is 2. The summed E-state index contributed by atoms with van der Waals surface area (Å²) < 4.78 is 45.0. The molecule has 28 heavy (non-hydrogen) atoms. The lowest BCUT2D eigenvalue weighted by Gasteiger charge is -2.36. The molecule has 0 saturated carbocycles. The molecule has 0 aliphatic carbocycles. The zero-order valence-electron chi connectivity index (χ0n) is 16.0. The highest BCUT2D eigenvalue weighted by Crippen LogP contribution is 2.53. The molecule has 1 atom stereocenters. The van der Waals surface area contributed by atoms with Gasteiger partial charge in [-0.05, 0) is 42.2 Å². The molecule has 0 aliphatic rings. The van der Waals surface area contributed by atoms with Crippen LogP contribution in [0.15, 0.2) is 54.9 Å². The van der Waals surface area contributed by atoms with Crippen LogP contribution < -0.4 is 0 Å². The molecule has 0 saturated heterocycles. The third-order valence-electron chi connectivity index (χ3n) is 5.81. The molecule has 2 aromatic carbocycles. The van der Waals surface area contributed by atoms with Crippen molar-refractivity contribution >= 4 is 21.8 Å². The number of halogens is 3. The molecule has 2 N–H and O–H groups in total. The van der Waals surface area contributed by atoms with Gasteiger partial charge in [0, 0.05) is 34.2 Å². The van der Waals surface area contributed by atoms with Crippen LogP contribution in [0.2, 0.25) is 0 Å². The summed E-state index contributed by atoms with van der Waals surface area (Å²) in [6.45, 7) is 3.80. The van der Waals surface area contributed by atoms with E-state index < -0.39 is 11.6 Å². The van der Waals surface area contributed by atoms with Crippen LogP contribution in [0.4, 0.5) is 13.2 Å². The number of unbranched alkanes of at least 4 members (excludes halogenated alkanes) is 1. The summed E-state index contributed by atoms with van der Waals surface area (Å²) in [7, 11) is 0. The number of para-hydroxylation sites is 1. The van der Waals surface area contributed by atoms with Crippen molar-refractivity contribution in [2.75, 3.05) is 0 Å². The fraction of sp³-hybridized carbons (Fsp3) is 0.304. The van der Waals surface area contributed by atoms with E-state index >= 15 is 0 Å². The highest BCUT2D eigenvalue weighted by Gasteiger charge is 2.58. The Hall–Kier alpha value is -2.69. The summed E-state index contributed by atoms with van der Waals surface area (Å²) >= 11 is 0. The van der Waals surface area contributed by atoms with Gasteiger partial charge in [0.25, 0.3) is 0 Å². The fourth-order valence-electron chi connectivity index (χ4n) is 4.43. The van der Waals surface area contributed by atoms with Gasteiger partial charge in [-0.25, -0.2) is 0 Å². The van der Waals surface area contributed by atoms with E-state index in [1.54, 1.807) is 24.5 Å². The summed E-state index contributed by atoms with van der Waals surface area (Å²) in [6.07, 6.45) is -0.146. The van der Waals surface area contributed by atoms with Crippen molar-refractivity contribution in [3.63, 3.8) is 0 Å². The second-order valence-electron chi connectivity index (χ2n) is 7.45. The highest BCUT2D eigenvalue weighted by atomic mass is 19.4. The van der Waals surface area contributed by atoms with E-state index in [0.717, 1.165) is 16.6 Å². The van der Waals surface area contributed by atoms with Crippen LogP contribution in [0.3, 0.4) is 0 Å². The van der Waals surface area contributed by atoms with Gasteiger partial charge in [-0.3, -0.25) is 0 Å². The SMILES string of the molecule is CCCCC(c1c[nH]c2ccccc12)(c1c[nH]c2cccc(C)c12)C(F)(F)F. The molecule has 0 aliphatic heterocycles. The van der Waals surface area contributed by atoms with Gasteiger partial charge < -0.3 is 9.97 Å². The van der Waals surface area contributed by atoms with E-state index in [1.165, 1.54) is 0 Å². The van der Waals surface area contributed by atoms with E-state index in [-0.39, 0.29) is 6.42 Å². The number of hydrogen-bond acceptors (Lipinski definition) is 0. The molecule has 2 aromatic heterocycles. The highest BCUT2D eigenvalue weighted by molar-refractivity contribution is 5.91. The number of alkyl halides is 3. The second-order valence-corrected chi connectivity index (χ2v) is 7.45. The Bertz CT molecular complexity index is 1120. The van der Waals surface area contributed by atoms with Crippen molar-refractivity contribution in [2.24, 2.45) is 0 Å². The molecule has 0 fully saturated rings. The molecular formula is C23H23F3N2. The van der Waals surface area contributed by atoms with E-state index in [9.17, 15) is 13.2 Å². The first-order valence-corrected chi connectivity index (χ1v) is 9.60. The molecule has 2 nitrogen and oxygen atoms in total. The Labute approximate surface area is 161 Å². The maximum Gasteiger partial charge on any atom is 0.402 e. The van der Waals surface area contributed by atoms with Crippen molar-refractivity contribution in [1.29, 1.82) is 0 Å². The van der Waals surface area contributed by atoms with Crippen molar-refractivity contribution in [2.45, 2.75) is 44.7 Å². The van der Waals surface area contributed by atoms with Crippen LogP contribution in [-0.4, -0.2) is 16.1 Å². The summed E-state index contributed by atoms with van der Waals surface area (Å²) in [6, 6.07) is 12.8. The lowest BCUT2D eigenvalue weighted by Crippen LogP contribution is -2.43. The number of aromatic amines is 2. The molecule has 0 bridgehead atoms. The van der Waals surface area contributed by atoms with Gasteiger partial charge in [-0.2, -0.15) is 13.2 Å². The van der Waals surface area contributed by atoms with Gasteiger partial charge in [0.1, 0.15) is 5.41 Å². The first-order valence-electron chi connectivity index (χ1n) is 9.60. The minimum Gasteiger partial charge on any atom is -0.361 e. The Morgan fingerprint density at radius 2 is 1.54 bits per heavy atom. The molecule has 4 aromatic rings. The largest absolute Gasteiger partial charge is 0.402 e. The first-order chi connectivity index (χ1) is 13.4. The number of aryl methyl sites for hydroxylation is 1. The smallest absolute Gasteiger partial charge is 0.361 e. The molecule has 0 radical (unpaired) electrons. The van der Waals surface area contributed by atoms with E-state index in [2.05, 4.69) is 9.97 Å². The lowest BCUT2D eigenvalue weighted by molar-refractivity contribution is -0.179. The van der Waals surface area contributed by atoms with E-state index in [0.29, 0.717) is 34.7 Å². The topological polar surface area (TPSA) is 31.6 Å². The number of hydrogen-bond donors (Lipinski definition) is 2. The molecule has 1 unspecified atom stereocenters. The monoisotopic (exact) mass is 384 g/mol. The molecule has 2 heterocycles. The minimum atomic E-state index is -4.44. The fourth-order valence-corrected chi connectivity index (χ4v) is 4.43. The first kappa shape index (κ1) is 18.7. The maximum absolute atomic E-state index is 15.0. The van der Waals surface area contributed by atoms with Gasteiger partial charge >= 0.3 is 6.18 Å². The predicted octanol–water partition coefficient (Wildman–Crippen LogP) is 7.00. The van der Waals surface area contributed by atoms with Gasteiger partial charge in [0.15, 0.2) is 0 Å². The number of H-pyrrole nitrogens is 2. The minimum absolute atomic E-state index is 0.0101. The van der Waals surface area contributed by atoms with Crippen LogP contribution in [0.5, 0.6) is 0 Å². The number of fused-ring (bicyclic) bond motifs is 2. The van der Waals surface area contributed by atoms with E-state index in [1.807, 2.05) is 44.2 Å². The van der Waals surface area contributed by atoms with Gasteiger partial charge in [-0.1, -0.05) is 50.1 Å². The van der Waals surface area contributed by atoms with Crippen LogP contribution in [0.1, 0.15) is 42.9 Å². The van der Waals surface area contributed by atoms with Crippen molar-refractivity contribution in [3.05, 3.63) is 71.5 Å². The molecule has 146 valence electrons. The Morgan fingerprint density at radius 3 is 2.29 bits per heavy atom. The average Bonchev–Trinajstić information content (AvgIpc) is 3.28. The quantitative estimate of drug-likeness (QED) is 0.371. The Morgan fingerprint density at radius 1 is 0.857 bits per heavy atom. The normalized spacial score (nSPS) is 14.6. The molecule has 4 rings (SSSR count). The molecule has 0 amide bonds. The molecular weight excluding hydrogens is 361 g/mol. The third-order valence-corrected chi connectivity index (χ3v) is 5.81. The average molecular weight is 384 g/mol. The molecule has 0 spiro atoms. The van der Waals surface area contributed by atoms with Crippen LogP contribution in [0, 0.1) is 6.92 Å². The van der Waals surface area contributed by atoms with Gasteiger partial charge in [0.05, 0.1) is 0 Å². The number of nitrogens with one attached hydrogen (secondary N) is 2. The van der Waals surface area contributed by atoms with Gasteiger partial charge in [0.2, 0.25) is 0 Å². The van der Waals surface area contributed by atoms with Crippen LogP contribution >= 0.6 is 0 Å². The van der Waals surface area contributed by atoms with Gasteiger partial charge in [-0.15, -0.1) is 0 Å².